The molecule has 2 aromatic rings. The first-order chi connectivity index (χ1) is 9.57. The highest BCUT2D eigenvalue weighted by Crippen LogP contribution is 2.51. The van der Waals surface area contributed by atoms with Gasteiger partial charge in [0.1, 0.15) is 7.14 Å². The zero-order valence-corrected chi connectivity index (χ0v) is 12.0. The molecule has 2 rings (SSSR count). The van der Waals surface area contributed by atoms with Crippen LogP contribution in [0.3, 0.4) is 0 Å². The van der Waals surface area contributed by atoms with Crippen LogP contribution in [0.4, 0.5) is 0 Å². The zero-order chi connectivity index (χ0) is 14.4. The normalized spacial score (nSPS) is 11.2. The highest BCUT2D eigenvalue weighted by atomic mass is 31.2. The number of carboxylic acid groups (broad SMARTS) is 1. The first-order valence-corrected chi connectivity index (χ1v) is 8.68. The lowest BCUT2D eigenvalue weighted by molar-refractivity contribution is -0.301. The average molecular weight is 287 g/mol. The van der Waals surface area contributed by atoms with Gasteiger partial charge in [0.15, 0.2) is 0 Å². The lowest BCUT2D eigenvalue weighted by Gasteiger charge is -2.19. The topological polar surface area (TPSA) is 57.2 Å². The molecule has 3 nitrogen and oxygen atoms in total. The molecule has 0 aromatic heterocycles. The van der Waals surface area contributed by atoms with E-state index in [1.165, 1.54) is 0 Å². The molecule has 0 saturated heterocycles. The molecule has 0 spiro atoms. The number of hydrogen-bond acceptors (Lipinski definition) is 3. The second-order valence-electron chi connectivity index (χ2n) is 4.88. The molecule has 0 radical (unpaired) electrons. The van der Waals surface area contributed by atoms with Crippen LogP contribution >= 0.6 is 7.14 Å². The van der Waals surface area contributed by atoms with E-state index in [0.717, 1.165) is 11.1 Å². The summed E-state index contributed by atoms with van der Waals surface area (Å²) in [4.78, 5) is 10.9. The first-order valence-electron chi connectivity index (χ1n) is 6.42. The van der Waals surface area contributed by atoms with E-state index in [0.29, 0.717) is 0 Å². The number of carboxylic acids is 1. The molecule has 0 aliphatic heterocycles. The summed E-state index contributed by atoms with van der Waals surface area (Å²) < 4.78 is 12.9. The van der Waals surface area contributed by atoms with Gasteiger partial charge in [-0.1, -0.05) is 60.7 Å². The van der Waals surface area contributed by atoms with Crippen LogP contribution in [-0.4, -0.2) is 12.1 Å². The van der Waals surface area contributed by atoms with Crippen molar-refractivity contribution >= 4 is 13.1 Å². The molecule has 20 heavy (non-hydrogen) atoms. The molecule has 0 aliphatic carbocycles. The molecule has 0 bridgehead atoms. The molecule has 0 fully saturated rings. The van der Waals surface area contributed by atoms with E-state index in [-0.39, 0.29) is 18.5 Å². The Morgan fingerprint density at radius 3 is 1.60 bits per heavy atom. The predicted molar refractivity (Wildman–Crippen MR) is 77.8 cm³/mol. The summed E-state index contributed by atoms with van der Waals surface area (Å²) >= 11 is 0. The third-order valence-corrected chi connectivity index (χ3v) is 5.76. The summed E-state index contributed by atoms with van der Waals surface area (Å²) in [6.45, 7) is 0. The van der Waals surface area contributed by atoms with Gasteiger partial charge in [-0.3, -0.25) is 0 Å². The van der Waals surface area contributed by atoms with Gasteiger partial charge in [0.2, 0.25) is 0 Å². The molecule has 104 valence electrons. The summed E-state index contributed by atoms with van der Waals surface area (Å²) in [7, 11) is -2.88. The Morgan fingerprint density at radius 1 is 0.850 bits per heavy atom. The Kier molecular flexibility index (Phi) is 4.75. The van der Waals surface area contributed by atoms with Crippen molar-refractivity contribution < 1.29 is 14.5 Å². The predicted octanol–water partition coefficient (Wildman–Crippen LogP) is 2.50. The molecule has 4 heteroatoms. The molecule has 0 aliphatic rings. The quantitative estimate of drug-likeness (QED) is 0.767. The van der Waals surface area contributed by atoms with Crippen LogP contribution in [0.15, 0.2) is 60.7 Å². The molecular weight excluding hydrogens is 271 g/mol. The first kappa shape index (κ1) is 14.5. The molecule has 0 atom stereocenters. The van der Waals surface area contributed by atoms with Crippen LogP contribution in [0, 0.1) is 0 Å². The van der Waals surface area contributed by atoms with Crippen molar-refractivity contribution in [1.82, 2.24) is 0 Å². The van der Waals surface area contributed by atoms with Crippen molar-refractivity contribution in [1.29, 1.82) is 0 Å². The van der Waals surface area contributed by atoms with Crippen molar-refractivity contribution in [3.05, 3.63) is 71.8 Å². The monoisotopic (exact) mass is 287 g/mol. The number of rotatable bonds is 6. The zero-order valence-electron chi connectivity index (χ0n) is 11.1. The fourth-order valence-corrected chi connectivity index (χ4v) is 4.79. The second-order valence-corrected chi connectivity index (χ2v) is 7.94. The lowest BCUT2D eigenvalue weighted by atomic mass is 10.2. The summed E-state index contributed by atoms with van der Waals surface area (Å²) in [6.07, 6.45) is 0.199. The molecule has 2 aromatic carbocycles. The van der Waals surface area contributed by atoms with Gasteiger partial charge in [0, 0.05) is 24.5 Å². The maximum absolute atomic E-state index is 12.9. The molecule has 0 N–H and O–H groups in total. The average Bonchev–Trinajstić information content (AvgIpc) is 2.39. The van der Waals surface area contributed by atoms with Gasteiger partial charge in [-0.2, -0.15) is 0 Å². The number of hydrogen-bond donors (Lipinski definition) is 0. The molecule has 0 amide bonds. The SMILES string of the molecule is O=C([O-])CP(=O)(Cc1ccccc1)Cc1ccccc1. The van der Waals surface area contributed by atoms with E-state index < -0.39 is 13.1 Å². The van der Waals surface area contributed by atoms with Gasteiger partial charge in [0.05, 0.1) is 0 Å². The smallest absolute Gasteiger partial charge is 0.101 e. The van der Waals surface area contributed by atoms with Crippen molar-refractivity contribution in [2.75, 3.05) is 6.16 Å². The van der Waals surface area contributed by atoms with Crippen LogP contribution in [0.25, 0.3) is 0 Å². The lowest BCUT2D eigenvalue weighted by Crippen LogP contribution is -2.26. The maximum atomic E-state index is 12.9. The minimum absolute atomic E-state index is 0.288. The Bertz CT molecular complexity index is 563. The van der Waals surface area contributed by atoms with Gasteiger partial charge in [-0.25, -0.2) is 0 Å². The summed E-state index contributed by atoms with van der Waals surface area (Å²) in [5.74, 6) is -1.25. The van der Waals surface area contributed by atoms with Crippen LogP contribution in [0.5, 0.6) is 0 Å². The fourth-order valence-electron chi connectivity index (χ4n) is 2.24. The second kappa shape index (κ2) is 6.53. The third-order valence-electron chi connectivity index (χ3n) is 3.04. The van der Waals surface area contributed by atoms with Crippen LogP contribution in [-0.2, 0) is 21.7 Å². The van der Waals surface area contributed by atoms with Crippen LogP contribution < -0.4 is 5.11 Å². The Balaban J connectivity index is 2.21. The van der Waals surface area contributed by atoms with Gasteiger partial charge in [0.25, 0.3) is 0 Å². The summed E-state index contributed by atoms with van der Waals surface area (Å²) in [5, 5.41) is 10.9. The van der Waals surface area contributed by atoms with Crippen LogP contribution in [0.1, 0.15) is 11.1 Å². The largest absolute Gasteiger partial charge is 0.550 e. The highest BCUT2D eigenvalue weighted by Gasteiger charge is 2.23. The highest BCUT2D eigenvalue weighted by molar-refractivity contribution is 7.63. The van der Waals surface area contributed by atoms with Gasteiger partial charge >= 0.3 is 0 Å². The van der Waals surface area contributed by atoms with E-state index in [9.17, 15) is 14.5 Å². The minimum Gasteiger partial charge on any atom is -0.550 e. The molecular formula is C16H16O3P-. The van der Waals surface area contributed by atoms with Crippen molar-refractivity contribution in [3.63, 3.8) is 0 Å². The van der Waals surface area contributed by atoms with Crippen molar-refractivity contribution in [2.45, 2.75) is 12.3 Å². The number of benzene rings is 2. The fraction of sp³-hybridized carbons (Fsp3) is 0.188. The minimum atomic E-state index is -2.88. The van der Waals surface area contributed by atoms with E-state index in [2.05, 4.69) is 0 Å². The summed E-state index contributed by atoms with van der Waals surface area (Å²) in [6, 6.07) is 18.7. The maximum Gasteiger partial charge on any atom is 0.101 e. The van der Waals surface area contributed by atoms with Crippen molar-refractivity contribution in [3.8, 4) is 0 Å². The van der Waals surface area contributed by atoms with Crippen molar-refractivity contribution in [2.24, 2.45) is 0 Å². The Hall–Kier alpha value is -1.86. The van der Waals surface area contributed by atoms with E-state index in [1.54, 1.807) is 0 Å². The standard InChI is InChI=1S/C16H17O3P/c17-16(18)13-20(19,11-14-7-3-1-4-8-14)12-15-9-5-2-6-10-15/h1-10H,11-13H2,(H,17,18)/p-1. The number of carbonyl (C=O) groups excluding carboxylic acids is 1. The van der Waals surface area contributed by atoms with E-state index >= 15 is 0 Å². The van der Waals surface area contributed by atoms with E-state index in [4.69, 9.17) is 0 Å². The van der Waals surface area contributed by atoms with Crippen LogP contribution in [0.2, 0.25) is 0 Å². The van der Waals surface area contributed by atoms with Gasteiger partial charge in [-0.15, -0.1) is 0 Å². The van der Waals surface area contributed by atoms with Gasteiger partial charge in [-0.05, 0) is 11.1 Å². The number of aliphatic carboxylic acids is 1. The molecule has 0 unspecified atom stereocenters. The third kappa shape index (κ3) is 4.36. The Morgan fingerprint density at radius 2 is 1.25 bits per heavy atom. The summed E-state index contributed by atoms with van der Waals surface area (Å²) in [5.41, 5.74) is 1.79. The van der Waals surface area contributed by atoms with E-state index in [1.807, 2.05) is 60.7 Å². The Labute approximate surface area is 118 Å². The van der Waals surface area contributed by atoms with Gasteiger partial charge < -0.3 is 14.5 Å². The number of carbonyl (C=O) groups is 1. The molecule has 0 saturated carbocycles. The molecule has 0 heterocycles.